The maximum Gasteiger partial charge on any atom is 0.254 e. The largest absolute Gasteiger partial charge is 0.494 e. The average Bonchev–Trinajstić information content (AvgIpc) is 3.32. The number of fused-ring (bicyclic) bond motifs is 1. The molecule has 1 amide bonds. The number of allylic oxidation sites excluding steroid dienone is 2. The highest BCUT2D eigenvalue weighted by molar-refractivity contribution is 7.81. The van der Waals surface area contributed by atoms with Gasteiger partial charge in [0.15, 0.2) is 5.84 Å². The fourth-order valence-corrected chi connectivity index (χ4v) is 6.71. The third-order valence-electron chi connectivity index (χ3n) is 8.51. The van der Waals surface area contributed by atoms with E-state index in [1.165, 1.54) is 30.2 Å². The van der Waals surface area contributed by atoms with Gasteiger partial charge < -0.3 is 21.2 Å². The van der Waals surface area contributed by atoms with Crippen molar-refractivity contribution in [1.29, 1.82) is 0 Å². The van der Waals surface area contributed by atoms with E-state index < -0.39 is 5.91 Å². The van der Waals surface area contributed by atoms with E-state index in [0.717, 1.165) is 56.2 Å². The normalized spacial score (nSPS) is 25.3. The molecule has 1 aromatic carbocycles. The van der Waals surface area contributed by atoms with E-state index in [9.17, 15) is 4.79 Å². The Labute approximate surface area is 249 Å². The number of thiol groups is 1. The summed E-state index contributed by atoms with van der Waals surface area (Å²) >= 11 is 4.92. The molecule has 3 aliphatic rings. The number of carbonyl (C=O) groups excluding carboxylic acids is 1. The minimum atomic E-state index is -0.669. The number of nitrogens with one attached hydrogen (secondary N) is 2. The number of rotatable bonds is 9. The summed E-state index contributed by atoms with van der Waals surface area (Å²) in [6.45, 7) is 8.13. The van der Waals surface area contributed by atoms with E-state index in [-0.39, 0.29) is 28.6 Å². The molecule has 1 heterocycles. The molecule has 9 heteroatoms. The summed E-state index contributed by atoms with van der Waals surface area (Å²) < 4.78 is 5.87. The zero-order chi connectivity index (χ0) is 29.4. The van der Waals surface area contributed by atoms with Crippen LogP contribution in [0.25, 0.3) is 0 Å². The fourth-order valence-electron chi connectivity index (χ4n) is 6.21. The number of methoxy groups -OCH3 is 1. The van der Waals surface area contributed by atoms with Crippen molar-refractivity contribution in [3.63, 3.8) is 0 Å². The highest BCUT2D eigenvalue weighted by atomic mass is 32.1. The molecule has 1 aromatic rings. The number of hydrogen-bond donors (Lipinski definition) is 4. The van der Waals surface area contributed by atoms with Crippen LogP contribution in [0.2, 0.25) is 0 Å². The summed E-state index contributed by atoms with van der Waals surface area (Å²) in [7, 11) is 1.64. The molecule has 0 bridgehead atoms. The van der Waals surface area contributed by atoms with Gasteiger partial charge >= 0.3 is 0 Å². The molecule has 4 rings (SSSR count). The fraction of sp³-hybridized carbons (Fsp3) is 0.500. The van der Waals surface area contributed by atoms with Crippen molar-refractivity contribution in [2.75, 3.05) is 7.11 Å². The molecule has 0 aromatic heterocycles. The summed E-state index contributed by atoms with van der Waals surface area (Å²) in [5.41, 5.74) is 14.3. The topological polar surface area (TPSA) is 113 Å². The Hall–Kier alpha value is -3.33. The lowest BCUT2D eigenvalue weighted by Gasteiger charge is -2.31. The molecule has 4 N–H and O–H groups in total. The van der Waals surface area contributed by atoms with Crippen LogP contribution < -0.4 is 21.2 Å². The summed E-state index contributed by atoms with van der Waals surface area (Å²) in [5.74, 6) is 1.01. The SMILES string of the molecule is C=NC(=Nc1cccc(C2CCCCCC2S)c1OC)C(=CNC1=CC2=C(CC)CC(CC)CC2NN=C1)C(N)=O. The van der Waals surface area contributed by atoms with Crippen LogP contribution in [-0.4, -0.2) is 43.1 Å². The number of amides is 1. The molecular formula is C32H44N6O2S. The van der Waals surface area contributed by atoms with Crippen molar-refractivity contribution in [2.24, 2.45) is 26.7 Å². The number of hydrazone groups is 1. The molecule has 4 atom stereocenters. The van der Waals surface area contributed by atoms with E-state index in [4.69, 9.17) is 28.1 Å². The zero-order valence-corrected chi connectivity index (χ0v) is 25.4. The smallest absolute Gasteiger partial charge is 0.254 e. The minimum absolute atomic E-state index is 0.108. The summed E-state index contributed by atoms with van der Waals surface area (Å²) in [4.78, 5) is 21.4. The molecule has 41 heavy (non-hydrogen) atoms. The van der Waals surface area contributed by atoms with E-state index in [1.54, 1.807) is 13.3 Å². The maximum atomic E-state index is 12.6. The number of amidine groups is 1. The van der Waals surface area contributed by atoms with Gasteiger partial charge in [-0.1, -0.05) is 57.2 Å². The second-order valence-corrected chi connectivity index (χ2v) is 11.7. The van der Waals surface area contributed by atoms with Gasteiger partial charge in [0.2, 0.25) is 0 Å². The van der Waals surface area contributed by atoms with Crippen molar-refractivity contribution in [2.45, 2.75) is 88.8 Å². The average molecular weight is 577 g/mol. The number of hydrogen-bond acceptors (Lipinski definition) is 7. The van der Waals surface area contributed by atoms with E-state index in [1.807, 2.05) is 12.1 Å². The highest BCUT2D eigenvalue weighted by Gasteiger charge is 2.28. The van der Waals surface area contributed by atoms with Crippen LogP contribution in [0.5, 0.6) is 5.75 Å². The van der Waals surface area contributed by atoms with Gasteiger partial charge in [0.05, 0.1) is 30.6 Å². The van der Waals surface area contributed by atoms with Gasteiger partial charge in [-0.2, -0.15) is 17.7 Å². The second-order valence-electron chi connectivity index (χ2n) is 11.0. The Kier molecular flexibility index (Phi) is 10.9. The first-order valence-corrected chi connectivity index (χ1v) is 15.3. The number of primary amides is 1. The minimum Gasteiger partial charge on any atom is -0.494 e. The molecule has 1 aliphatic heterocycles. The predicted molar refractivity (Wildman–Crippen MR) is 172 cm³/mol. The molecule has 0 spiro atoms. The van der Waals surface area contributed by atoms with Crippen LogP contribution in [0.1, 0.15) is 83.1 Å². The number of para-hydroxylation sites is 1. The molecule has 1 fully saturated rings. The number of benzene rings is 1. The number of ether oxygens (including phenoxy) is 1. The van der Waals surface area contributed by atoms with Crippen LogP contribution in [0.15, 0.2) is 68.0 Å². The first-order chi connectivity index (χ1) is 19.9. The van der Waals surface area contributed by atoms with Crippen LogP contribution in [0, 0.1) is 5.92 Å². The van der Waals surface area contributed by atoms with E-state index in [0.29, 0.717) is 17.4 Å². The van der Waals surface area contributed by atoms with Crippen molar-refractivity contribution in [3.05, 3.63) is 58.5 Å². The Bertz CT molecular complexity index is 1280. The van der Waals surface area contributed by atoms with E-state index >= 15 is 0 Å². The number of aliphatic imine (C=N–C) groups is 2. The van der Waals surface area contributed by atoms with E-state index in [2.05, 4.69) is 53.5 Å². The number of nitrogens with zero attached hydrogens (tertiary/aromatic N) is 3. The molecule has 220 valence electrons. The van der Waals surface area contributed by atoms with Crippen molar-refractivity contribution < 1.29 is 9.53 Å². The van der Waals surface area contributed by atoms with Gasteiger partial charge in [-0.3, -0.25) is 4.79 Å². The molecular weight excluding hydrogens is 532 g/mol. The van der Waals surface area contributed by atoms with Gasteiger partial charge in [-0.15, -0.1) is 0 Å². The van der Waals surface area contributed by atoms with Crippen LogP contribution in [-0.2, 0) is 4.79 Å². The predicted octanol–water partition coefficient (Wildman–Crippen LogP) is 6.10. The van der Waals surface area contributed by atoms with Crippen LogP contribution >= 0.6 is 12.6 Å². The Morgan fingerprint density at radius 2 is 2.10 bits per heavy atom. The molecule has 0 saturated heterocycles. The molecule has 1 saturated carbocycles. The third-order valence-corrected chi connectivity index (χ3v) is 9.13. The van der Waals surface area contributed by atoms with Gasteiger partial charge in [0.25, 0.3) is 5.91 Å². The number of nitrogens with two attached hydrogens (primary N) is 1. The second kappa shape index (κ2) is 14.5. The van der Waals surface area contributed by atoms with Gasteiger partial charge in [-0.25, -0.2) is 9.98 Å². The maximum absolute atomic E-state index is 12.6. The first kappa shape index (κ1) is 30.6. The van der Waals surface area contributed by atoms with Crippen molar-refractivity contribution in [1.82, 2.24) is 10.7 Å². The molecule has 0 radical (unpaired) electrons. The monoisotopic (exact) mass is 576 g/mol. The lowest BCUT2D eigenvalue weighted by molar-refractivity contribution is -0.114. The van der Waals surface area contributed by atoms with Gasteiger partial charge in [-0.05, 0) is 68.4 Å². The Morgan fingerprint density at radius 3 is 2.80 bits per heavy atom. The molecule has 2 aliphatic carbocycles. The standard InChI is InChI=1S/C32H44N6O2S/c1-5-20-15-21(6-2)25-17-22(18-36-38-28(25)16-20)35-19-26(31(33)39)32(34-3)37-27-13-10-12-24(30(27)40-4)23-11-8-7-9-14-29(23)41/h10,12-13,17-20,23,28-29,35,38,41H,3,5-9,11,14-16H2,1-2,4H3,(H2,33,39). The highest BCUT2D eigenvalue weighted by Crippen LogP contribution is 2.43. The number of carbonyl (C=O) groups is 1. The Balaban J connectivity index is 1.67. The quantitative estimate of drug-likeness (QED) is 0.0935. The third kappa shape index (κ3) is 7.31. The summed E-state index contributed by atoms with van der Waals surface area (Å²) in [5, 5.41) is 7.91. The summed E-state index contributed by atoms with van der Waals surface area (Å²) in [6.07, 6.45) is 15.3. The first-order valence-electron chi connectivity index (χ1n) is 14.8. The van der Waals surface area contributed by atoms with Crippen LogP contribution in [0.3, 0.4) is 0 Å². The van der Waals surface area contributed by atoms with Crippen molar-refractivity contribution in [3.8, 4) is 5.75 Å². The molecule has 4 unspecified atom stereocenters. The van der Waals surface area contributed by atoms with Crippen molar-refractivity contribution >= 4 is 43.0 Å². The van der Waals surface area contributed by atoms with Gasteiger partial charge in [0, 0.05) is 17.0 Å². The zero-order valence-electron chi connectivity index (χ0n) is 24.5. The summed E-state index contributed by atoms with van der Waals surface area (Å²) in [6, 6.07) is 6.06. The van der Waals surface area contributed by atoms with Crippen LogP contribution in [0.4, 0.5) is 5.69 Å². The lowest BCUT2D eigenvalue weighted by atomic mass is 9.78. The lowest BCUT2D eigenvalue weighted by Crippen LogP contribution is -2.32. The Morgan fingerprint density at radius 1 is 1.29 bits per heavy atom. The van der Waals surface area contributed by atoms with Gasteiger partial charge in [0.1, 0.15) is 11.4 Å². The molecule has 8 nitrogen and oxygen atoms in total.